The lowest BCUT2D eigenvalue weighted by molar-refractivity contribution is -0.124. The Bertz CT molecular complexity index is 888. The van der Waals surface area contributed by atoms with E-state index in [0.717, 1.165) is 5.69 Å². The van der Waals surface area contributed by atoms with E-state index in [9.17, 15) is 9.59 Å². The number of aromatic nitrogens is 2. The monoisotopic (exact) mass is 403 g/mol. The molecule has 0 radical (unpaired) electrons. The average molecular weight is 404 g/mol. The average Bonchev–Trinajstić information content (AvgIpc) is 2.87. The number of amides is 3. The molecule has 0 aliphatic carbocycles. The van der Waals surface area contributed by atoms with Crippen LogP contribution < -0.4 is 15.4 Å². The maximum absolute atomic E-state index is 12.2. The number of anilines is 2. The number of hydrogen-bond acceptors (Lipinski definition) is 6. The Kier molecular flexibility index (Phi) is 6.51. The fourth-order valence-electron chi connectivity index (χ4n) is 2.32. The quantitative estimate of drug-likeness (QED) is 0.793. The normalized spacial score (nSPS) is 16.4. The van der Waals surface area contributed by atoms with E-state index in [4.69, 9.17) is 21.1 Å². The van der Waals surface area contributed by atoms with Gasteiger partial charge >= 0.3 is 6.03 Å². The van der Waals surface area contributed by atoms with Crippen LogP contribution in [-0.2, 0) is 9.53 Å². The Morgan fingerprint density at radius 2 is 2.18 bits per heavy atom. The molecule has 0 fully saturated rings. The maximum atomic E-state index is 12.2. The number of urea groups is 1. The highest BCUT2D eigenvalue weighted by molar-refractivity contribution is 6.31. The van der Waals surface area contributed by atoms with E-state index >= 15 is 0 Å². The number of halogens is 1. The summed E-state index contributed by atoms with van der Waals surface area (Å²) in [6.07, 6.45) is 4.64. The van der Waals surface area contributed by atoms with Crippen molar-refractivity contribution in [1.29, 1.82) is 0 Å². The van der Waals surface area contributed by atoms with Gasteiger partial charge in [-0.15, -0.1) is 0 Å². The van der Waals surface area contributed by atoms with E-state index in [0.29, 0.717) is 28.7 Å². The summed E-state index contributed by atoms with van der Waals surface area (Å²) >= 11 is 6.04. The number of ether oxygens (including phenoxy) is 2. The van der Waals surface area contributed by atoms with E-state index < -0.39 is 6.03 Å². The molecule has 3 rings (SSSR count). The van der Waals surface area contributed by atoms with Crippen molar-refractivity contribution in [3.63, 3.8) is 0 Å². The van der Waals surface area contributed by atoms with Gasteiger partial charge in [-0.1, -0.05) is 11.6 Å². The highest BCUT2D eigenvalue weighted by atomic mass is 35.5. The van der Waals surface area contributed by atoms with Crippen LogP contribution in [0.15, 0.2) is 35.6 Å². The van der Waals surface area contributed by atoms with Crippen molar-refractivity contribution in [2.24, 2.45) is 4.99 Å². The smallest absolute Gasteiger partial charge is 0.325 e. The lowest BCUT2D eigenvalue weighted by atomic mass is 10.2. The van der Waals surface area contributed by atoms with Gasteiger partial charge in [0.15, 0.2) is 5.82 Å². The highest BCUT2D eigenvalue weighted by Crippen LogP contribution is 2.28. The van der Waals surface area contributed by atoms with Crippen molar-refractivity contribution in [3.8, 4) is 5.75 Å². The molecular formula is C18H18ClN5O4. The number of aryl methyl sites for hydroxylation is 1. The van der Waals surface area contributed by atoms with Gasteiger partial charge in [0.25, 0.3) is 5.91 Å². The predicted octanol–water partition coefficient (Wildman–Crippen LogP) is 2.85. The molecule has 0 bridgehead atoms. The Hall–Kier alpha value is -3.04. The summed E-state index contributed by atoms with van der Waals surface area (Å²) in [5.74, 6) is 0.390. The molecule has 28 heavy (non-hydrogen) atoms. The maximum Gasteiger partial charge on any atom is 0.325 e. The molecule has 1 atom stereocenters. The van der Waals surface area contributed by atoms with Crippen molar-refractivity contribution in [1.82, 2.24) is 9.97 Å². The van der Waals surface area contributed by atoms with Gasteiger partial charge in [-0.25, -0.2) is 14.8 Å². The number of rotatable bonds is 5. The first kappa shape index (κ1) is 19.7. The number of nitrogens with one attached hydrogen (secondary N) is 2. The van der Waals surface area contributed by atoms with Crippen molar-refractivity contribution < 1.29 is 19.1 Å². The lowest BCUT2D eigenvalue weighted by Crippen LogP contribution is -2.24. The number of benzene rings is 1. The standard InChI is InChI=1S/C18H18ClN5O4/c1-11-7-22-16(8-21-11)24-18(26)23-14-6-12(19)2-3-15(14)28-9-13-4-5-20-17(25)10-27-13/h2-3,5-8,13H,4,9-10H2,1H3,(H2,22,23,24,26). The summed E-state index contributed by atoms with van der Waals surface area (Å²) in [6.45, 7) is 1.89. The number of nitrogens with zero attached hydrogens (tertiary/aromatic N) is 3. The van der Waals surface area contributed by atoms with Crippen LogP contribution in [0, 0.1) is 6.92 Å². The third-order valence-electron chi connectivity index (χ3n) is 3.68. The van der Waals surface area contributed by atoms with Crippen LogP contribution in [0.2, 0.25) is 5.02 Å². The van der Waals surface area contributed by atoms with E-state index in [2.05, 4.69) is 25.6 Å². The first-order chi connectivity index (χ1) is 13.5. The van der Waals surface area contributed by atoms with Gasteiger partial charge in [-0.3, -0.25) is 15.1 Å². The zero-order chi connectivity index (χ0) is 19.9. The molecule has 1 aliphatic rings. The summed E-state index contributed by atoms with van der Waals surface area (Å²) in [5, 5.41) is 5.69. The molecular weight excluding hydrogens is 386 g/mol. The summed E-state index contributed by atoms with van der Waals surface area (Å²) in [4.78, 5) is 35.3. The molecule has 2 N–H and O–H groups in total. The van der Waals surface area contributed by atoms with Gasteiger partial charge in [0.1, 0.15) is 19.0 Å². The second-order valence-electron chi connectivity index (χ2n) is 5.95. The van der Waals surface area contributed by atoms with Crippen LogP contribution >= 0.6 is 11.6 Å². The minimum atomic E-state index is -0.520. The van der Waals surface area contributed by atoms with E-state index in [1.165, 1.54) is 12.4 Å². The first-order valence-electron chi connectivity index (χ1n) is 8.45. The van der Waals surface area contributed by atoms with Crippen molar-refractivity contribution >= 4 is 41.3 Å². The molecule has 146 valence electrons. The van der Waals surface area contributed by atoms with Crippen LogP contribution in [0.1, 0.15) is 12.1 Å². The van der Waals surface area contributed by atoms with E-state index in [1.54, 1.807) is 31.3 Å². The SMILES string of the molecule is Cc1cnc(NC(=O)Nc2cc(Cl)ccc2OCC2CC=NC(=O)CO2)cn1. The first-order valence-corrected chi connectivity index (χ1v) is 8.83. The van der Waals surface area contributed by atoms with Crippen molar-refractivity contribution in [2.45, 2.75) is 19.4 Å². The highest BCUT2D eigenvalue weighted by Gasteiger charge is 2.16. The van der Waals surface area contributed by atoms with E-state index in [1.807, 2.05) is 0 Å². The number of aliphatic imine (C=N–C) groups is 1. The number of carbonyl (C=O) groups is 2. The van der Waals surface area contributed by atoms with Gasteiger partial charge in [-0.2, -0.15) is 0 Å². The van der Waals surface area contributed by atoms with Crippen LogP contribution in [0.25, 0.3) is 0 Å². The number of carbonyl (C=O) groups excluding carboxylic acids is 2. The second-order valence-corrected chi connectivity index (χ2v) is 6.38. The molecule has 1 aromatic carbocycles. The van der Waals surface area contributed by atoms with Gasteiger partial charge in [0.2, 0.25) is 0 Å². The Balaban J connectivity index is 1.63. The van der Waals surface area contributed by atoms with E-state index in [-0.39, 0.29) is 25.2 Å². The second kappa shape index (κ2) is 9.25. The summed E-state index contributed by atoms with van der Waals surface area (Å²) in [7, 11) is 0. The Morgan fingerprint density at radius 3 is 2.96 bits per heavy atom. The number of hydrogen-bond donors (Lipinski definition) is 2. The van der Waals surface area contributed by atoms with Crippen LogP contribution in [0.5, 0.6) is 5.75 Å². The van der Waals surface area contributed by atoms with Crippen LogP contribution in [-0.4, -0.2) is 47.4 Å². The molecule has 1 unspecified atom stereocenters. The summed E-state index contributed by atoms with van der Waals surface area (Å²) in [6, 6.07) is 4.33. The van der Waals surface area contributed by atoms with Crippen LogP contribution in [0.4, 0.5) is 16.3 Å². The summed E-state index contributed by atoms with van der Waals surface area (Å²) < 4.78 is 11.2. The van der Waals surface area contributed by atoms with Gasteiger partial charge < -0.3 is 14.8 Å². The predicted molar refractivity (Wildman–Crippen MR) is 104 cm³/mol. The molecule has 0 saturated carbocycles. The van der Waals surface area contributed by atoms with Gasteiger partial charge in [0, 0.05) is 17.7 Å². The molecule has 2 heterocycles. The van der Waals surface area contributed by atoms with Crippen molar-refractivity contribution in [2.75, 3.05) is 23.8 Å². The lowest BCUT2D eigenvalue weighted by Gasteiger charge is -2.17. The van der Waals surface area contributed by atoms with Crippen molar-refractivity contribution in [3.05, 3.63) is 41.3 Å². The molecule has 3 amide bonds. The Morgan fingerprint density at radius 1 is 1.32 bits per heavy atom. The fourth-order valence-corrected chi connectivity index (χ4v) is 2.49. The zero-order valence-corrected chi connectivity index (χ0v) is 15.8. The molecule has 1 aromatic heterocycles. The van der Waals surface area contributed by atoms with Crippen LogP contribution in [0.3, 0.4) is 0 Å². The third-order valence-corrected chi connectivity index (χ3v) is 3.92. The molecule has 0 saturated heterocycles. The third kappa shape index (κ3) is 5.73. The largest absolute Gasteiger partial charge is 0.489 e. The molecule has 0 spiro atoms. The topological polar surface area (TPSA) is 115 Å². The molecule has 9 nitrogen and oxygen atoms in total. The Labute approximate surface area is 166 Å². The summed E-state index contributed by atoms with van der Waals surface area (Å²) in [5.41, 5.74) is 1.12. The van der Waals surface area contributed by atoms with Gasteiger partial charge in [0.05, 0.1) is 29.9 Å². The molecule has 2 aromatic rings. The minimum absolute atomic E-state index is 0.0871. The molecule has 1 aliphatic heterocycles. The zero-order valence-electron chi connectivity index (χ0n) is 15.0. The van der Waals surface area contributed by atoms with Gasteiger partial charge in [-0.05, 0) is 25.1 Å². The molecule has 10 heteroatoms. The minimum Gasteiger partial charge on any atom is -0.489 e. The fraction of sp³-hybridized carbons (Fsp3) is 0.278.